The molecule has 3 aromatic rings. The summed E-state index contributed by atoms with van der Waals surface area (Å²) in [5.74, 6) is -0.407. The Bertz CT molecular complexity index is 1040. The first-order valence-corrected chi connectivity index (χ1v) is 9.07. The zero-order chi connectivity index (χ0) is 21.7. The number of fused-ring (bicyclic) bond motifs is 1. The van der Waals surface area contributed by atoms with Crippen molar-refractivity contribution < 1.29 is 27.8 Å². The van der Waals surface area contributed by atoms with E-state index >= 15 is 0 Å². The second kappa shape index (κ2) is 9.18. The fourth-order valence-corrected chi connectivity index (χ4v) is 2.86. The summed E-state index contributed by atoms with van der Waals surface area (Å²) in [6.45, 7) is 0.493. The van der Waals surface area contributed by atoms with Gasteiger partial charge in [-0.05, 0) is 24.1 Å². The first-order valence-electron chi connectivity index (χ1n) is 9.07. The maximum absolute atomic E-state index is 12.2. The predicted molar refractivity (Wildman–Crippen MR) is 101 cm³/mol. The number of aliphatic hydroxyl groups is 1. The first-order chi connectivity index (χ1) is 14.3. The van der Waals surface area contributed by atoms with Gasteiger partial charge in [0, 0.05) is 25.1 Å². The average molecular weight is 423 g/mol. The normalized spacial score (nSPS) is 11.8. The van der Waals surface area contributed by atoms with Crippen molar-refractivity contribution in [1.82, 2.24) is 25.1 Å². The number of rotatable bonds is 8. The molecule has 0 aliphatic rings. The van der Waals surface area contributed by atoms with Gasteiger partial charge in [0.25, 0.3) is 5.91 Å². The standard InChI is InChI=1S/C19H20F3N5O3/c1-12-6-13(7-25-16(12)10-30-11-19(20,21)22)8-27-9-14-15(26-27)2-3-23-17(14)18(29)24-4-5-28/h2-3,6-7,9,28H,4-5,8,10-11H2,1H3,(H,24,29). The topological polar surface area (TPSA) is 102 Å². The van der Waals surface area contributed by atoms with Crippen LogP contribution in [0.3, 0.4) is 0 Å². The summed E-state index contributed by atoms with van der Waals surface area (Å²) in [6, 6.07) is 3.48. The van der Waals surface area contributed by atoms with Crippen LogP contribution in [0, 0.1) is 6.92 Å². The molecule has 2 N–H and O–H groups in total. The molecule has 0 aliphatic carbocycles. The van der Waals surface area contributed by atoms with Crippen LogP contribution in [0.2, 0.25) is 0 Å². The Labute approximate surface area is 169 Å². The number of aromatic nitrogens is 4. The van der Waals surface area contributed by atoms with E-state index in [4.69, 9.17) is 5.11 Å². The van der Waals surface area contributed by atoms with Crippen LogP contribution in [0.15, 0.2) is 30.7 Å². The van der Waals surface area contributed by atoms with E-state index in [9.17, 15) is 18.0 Å². The third kappa shape index (κ3) is 5.51. The van der Waals surface area contributed by atoms with Crippen LogP contribution in [0.25, 0.3) is 10.9 Å². The molecule has 0 aromatic carbocycles. The van der Waals surface area contributed by atoms with Crippen LogP contribution in [0.4, 0.5) is 13.2 Å². The molecule has 1 amide bonds. The number of pyridine rings is 2. The number of ether oxygens (including phenoxy) is 1. The maximum atomic E-state index is 12.2. The number of nitrogens with one attached hydrogen (secondary N) is 1. The van der Waals surface area contributed by atoms with Gasteiger partial charge in [-0.3, -0.25) is 19.4 Å². The Morgan fingerprint density at radius 1 is 1.33 bits per heavy atom. The minimum Gasteiger partial charge on any atom is -0.395 e. The van der Waals surface area contributed by atoms with Crippen molar-refractivity contribution in [3.8, 4) is 0 Å². The average Bonchev–Trinajstić information content (AvgIpc) is 3.09. The van der Waals surface area contributed by atoms with Gasteiger partial charge in [0.1, 0.15) is 12.3 Å². The molecule has 0 atom stereocenters. The van der Waals surface area contributed by atoms with Gasteiger partial charge in [0.05, 0.1) is 36.4 Å². The third-order valence-electron chi connectivity index (χ3n) is 4.19. The second-order valence-electron chi connectivity index (χ2n) is 6.61. The molecule has 0 spiro atoms. The lowest BCUT2D eigenvalue weighted by atomic mass is 10.1. The number of hydrogen-bond donors (Lipinski definition) is 2. The third-order valence-corrected chi connectivity index (χ3v) is 4.19. The van der Waals surface area contributed by atoms with E-state index in [1.54, 1.807) is 36.1 Å². The Balaban J connectivity index is 1.73. The highest BCUT2D eigenvalue weighted by Crippen LogP contribution is 2.18. The molecule has 3 aromatic heterocycles. The lowest BCUT2D eigenvalue weighted by molar-refractivity contribution is -0.176. The van der Waals surface area contributed by atoms with Crippen LogP contribution >= 0.6 is 0 Å². The number of aryl methyl sites for hydroxylation is 1. The van der Waals surface area contributed by atoms with E-state index < -0.39 is 18.7 Å². The van der Waals surface area contributed by atoms with Crippen LogP contribution < -0.4 is 5.32 Å². The molecule has 30 heavy (non-hydrogen) atoms. The first kappa shape index (κ1) is 21.7. The van der Waals surface area contributed by atoms with Gasteiger partial charge in [0.2, 0.25) is 0 Å². The number of halogens is 3. The molecule has 0 saturated carbocycles. The quantitative estimate of drug-likeness (QED) is 0.575. The summed E-state index contributed by atoms with van der Waals surface area (Å²) in [4.78, 5) is 20.5. The van der Waals surface area contributed by atoms with Crippen molar-refractivity contribution in [2.75, 3.05) is 19.8 Å². The SMILES string of the molecule is Cc1cc(Cn2cc3c(C(=O)NCCO)nccc3n2)cnc1COCC(F)(F)F. The molecule has 0 unspecified atom stereocenters. The van der Waals surface area contributed by atoms with Gasteiger partial charge < -0.3 is 15.2 Å². The zero-order valence-electron chi connectivity index (χ0n) is 16.1. The largest absolute Gasteiger partial charge is 0.411 e. The molecular formula is C19H20F3N5O3. The highest BCUT2D eigenvalue weighted by atomic mass is 19.4. The Hall–Kier alpha value is -3.05. The molecular weight excluding hydrogens is 403 g/mol. The van der Waals surface area contributed by atoms with E-state index in [1.807, 2.05) is 0 Å². The van der Waals surface area contributed by atoms with E-state index in [-0.39, 0.29) is 25.5 Å². The molecule has 0 fully saturated rings. The van der Waals surface area contributed by atoms with Crippen LogP contribution in [0.1, 0.15) is 27.3 Å². The number of carbonyl (C=O) groups is 1. The summed E-state index contributed by atoms with van der Waals surface area (Å²) in [6.07, 6.45) is 0.345. The maximum Gasteiger partial charge on any atom is 0.411 e. The minimum atomic E-state index is -4.38. The zero-order valence-corrected chi connectivity index (χ0v) is 16.1. The van der Waals surface area contributed by atoms with Gasteiger partial charge in [-0.1, -0.05) is 6.07 Å². The summed E-state index contributed by atoms with van der Waals surface area (Å²) < 4.78 is 42.9. The molecule has 11 heteroatoms. The summed E-state index contributed by atoms with van der Waals surface area (Å²) in [5, 5.41) is 16.4. The number of amides is 1. The number of alkyl halides is 3. The lowest BCUT2D eigenvalue weighted by Crippen LogP contribution is -2.27. The van der Waals surface area contributed by atoms with Gasteiger partial charge >= 0.3 is 6.18 Å². The van der Waals surface area contributed by atoms with Crippen LogP contribution in [0.5, 0.6) is 0 Å². The Morgan fingerprint density at radius 3 is 2.83 bits per heavy atom. The molecule has 160 valence electrons. The number of hydrogen-bond acceptors (Lipinski definition) is 6. The van der Waals surface area contributed by atoms with Crippen molar-refractivity contribution in [2.24, 2.45) is 0 Å². The monoisotopic (exact) mass is 423 g/mol. The van der Waals surface area contributed by atoms with E-state index in [2.05, 4.69) is 25.1 Å². The lowest BCUT2D eigenvalue weighted by Gasteiger charge is -2.10. The summed E-state index contributed by atoms with van der Waals surface area (Å²) in [7, 11) is 0. The van der Waals surface area contributed by atoms with Gasteiger partial charge in [-0.2, -0.15) is 18.3 Å². The molecule has 8 nitrogen and oxygen atoms in total. The van der Waals surface area contributed by atoms with Crippen molar-refractivity contribution >= 4 is 16.8 Å². The predicted octanol–water partition coefficient (Wildman–Crippen LogP) is 1.98. The molecule has 3 heterocycles. The van der Waals surface area contributed by atoms with Gasteiger partial charge in [-0.25, -0.2) is 0 Å². The number of aliphatic hydroxyl groups excluding tert-OH is 1. The van der Waals surface area contributed by atoms with E-state index in [0.717, 1.165) is 5.56 Å². The van der Waals surface area contributed by atoms with Crippen molar-refractivity contribution in [3.05, 3.63) is 53.2 Å². The van der Waals surface area contributed by atoms with Crippen LogP contribution in [-0.4, -0.2) is 56.7 Å². The van der Waals surface area contributed by atoms with Crippen molar-refractivity contribution in [3.63, 3.8) is 0 Å². The van der Waals surface area contributed by atoms with E-state index in [0.29, 0.717) is 28.7 Å². The van der Waals surface area contributed by atoms with E-state index in [1.165, 1.54) is 6.20 Å². The van der Waals surface area contributed by atoms with Gasteiger partial charge in [-0.15, -0.1) is 0 Å². The number of nitrogens with zero attached hydrogens (tertiary/aromatic N) is 4. The molecule has 0 aliphatic heterocycles. The summed E-state index contributed by atoms with van der Waals surface area (Å²) in [5.41, 5.74) is 2.72. The van der Waals surface area contributed by atoms with Crippen molar-refractivity contribution in [2.45, 2.75) is 26.3 Å². The molecule has 3 rings (SSSR count). The summed E-state index contributed by atoms with van der Waals surface area (Å²) >= 11 is 0. The fraction of sp³-hybridized carbons (Fsp3) is 0.368. The minimum absolute atomic E-state index is 0.120. The smallest absolute Gasteiger partial charge is 0.395 e. The van der Waals surface area contributed by atoms with Crippen molar-refractivity contribution in [1.29, 1.82) is 0 Å². The second-order valence-corrected chi connectivity index (χ2v) is 6.61. The number of carbonyl (C=O) groups excluding carboxylic acids is 1. The Kier molecular flexibility index (Phi) is 6.63. The van der Waals surface area contributed by atoms with Crippen LogP contribution in [-0.2, 0) is 17.9 Å². The highest BCUT2D eigenvalue weighted by molar-refractivity contribution is 6.04. The fourth-order valence-electron chi connectivity index (χ4n) is 2.86. The molecule has 0 saturated heterocycles. The molecule has 0 radical (unpaired) electrons. The highest BCUT2D eigenvalue weighted by Gasteiger charge is 2.27. The Morgan fingerprint density at radius 2 is 2.13 bits per heavy atom. The molecule has 0 bridgehead atoms. The van der Waals surface area contributed by atoms with Gasteiger partial charge in [0.15, 0.2) is 0 Å².